The first kappa shape index (κ1) is 11.2. The molecule has 0 aliphatic rings. The first-order valence-corrected chi connectivity index (χ1v) is 5.84. The van der Waals surface area contributed by atoms with E-state index in [0.29, 0.717) is 4.55 Å². The summed E-state index contributed by atoms with van der Waals surface area (Å²) in [6.45, 7) is 1.93. The molecule has 1 amide bonds. The minimum absolute atomic E-state index is 0.0410. The van der Waals surface area contributed by atoms with E-state index in [1.165, 1.54) is 0 Å². The Bertz CT molecular complexity index is 332. The lowest BCUT2D eigenvalue weighted by molar-refractivity contribution is -0.116. The summed E-state index contributed by atoms with van der Waals surface area (Å²) in [5.74, 6) is -0.0410. The van der Waals surface area contributed by atoms with E-state index >= 15 is 0 Å². The topological polar surface area (TPSA) is 29.1 Å². The first-order chi connectivity index (χ1) is 6.74. The highest BCUT2D eigenvalue weighted by atomic mass is 127. The Labute approximate surface area is 97.5 Å². The van der Waals surface area contributed by atoms with Gasteiger partial charge in [-0.1, -0.05) is 52.9 Å². The lowest BCUT2D eigenvalue weighted by Crippen LogP contribution is -2.18. The Morgan fingerprint density at radius 2 is 2.07 bits per heavy atom. The first-order valence-electron chi connectivity index (χ1n) is 4.31. The van der Waals surface area contributed by atoms with Gasteiger partial charge in [0.15, 0.2) is 0 Å². The fraction of sp³-hybridized carbons (Fsp3) is 0.182. The van der Waals surface area contributed by atoms with Crippen molar-refractivity contribution < 1.29 is 4.79 Å². The molecular weight excluding hydrogens is 289 g/mol. The molecule has 0 radical (unpaired) electrons. The number of benzene rings is 1. The third-order valence-electron chi connectivity index (χ3n) is 1.82. The molecule has 0 bridgehead atoms. The standard InChI is InChI=1S/C11H12INO/c1-9(7-11(14)13-8-12)10-5-3-2-4-6-10/h2-7H,8H2,1H3,(H,13,14)/b9-7+. The SMILES string of the molecule is C/C(=C\C(=O)NCI)c1ccccc1. The van der Waals surface area contributed by atoms with Crippen LogP contribution in [-0.4, -0.2) is 10.5 Å². The number of halogens is 1. The maximum atomic E-state index is 11.2. The molecule has 1 aromatic carbocycles. The van der Waals surface area contributed by atoms with Crippen molar-refractivity contribution in [2.24, 2.45) is 0 Å². The molecule has 0 unspecified atom stereocenters. The summed E-state index contributed by atoms with van der Waals surface area (Å²) in [6, 6.07) is 9.86. The van der Waals surface area contributed by atoms with Gasteiger partial charge in [-0.05, 0) is 18.1 Å². The monoisotopic (exact) mass is 301 g/mol. The lowest BCUT2D eigenvalue weighted by atomic mass is 10.1. The maximum Gasteiger partial charge on any atom is 0.244 e. The van der Waals surface area contributed by atoms with Crippen LogP contribution in [0, 0.1) is 0 Å². The molecule has 0 aliphatic carbocycles. The number of carbonyl (C=O) groups excluding carboxylic acids is 1. The minimum atomic E-state index is -0.0410. The van der Waals surface area contributed by atoms with Crippen molar-refractivity contribution >= 4 is 34.1 Å². The highest BCUT2D eigenvalue weighted by Crippen LogP contribution is 2.11. The third kappa shape index (κ3) is 3.49. The van der Waals surface area contributed by atoms with E-state index in [0.717, 1.165) is 11.1 Å². The molecule has 14 heavy (non-hydrogen) atoms. The zero-order valence-electron chi connectivity index (χ0n) is 7.96. The zero-order chi connectivity index (χ0) is 10.4. The van der Waals surface area contributed by atoms with Gasteiger partial charge in [0.05, 0.1) is 4.55 Å². The predicted molar refractivity (Wildman–Crippen MR) is 67.1 cm³/mol. The summed E-state index contributed by atoms with van der Waals surface area (Å²) >= 11 is 2.10. The molecular formula is C11H12INO. The van der Waals surface area contributed by atoms with E-state index < -0.39 is 0 Å². The predicted octanol–water partition coefficient (Wildman–Crippen LogP) is 2.60. The van der Waals surface area contributed by atoms with Gasteiger partial charge in [0, 0.05) is 6.08 Å². The quantitative estimate of drug-likeness (QED) is 0.395. The highest BCUT2D eigenvalue weighted by Gasteiger charge is 1.97. The molecule has 0 saturated carbocycles. The molecule has 3 heteroatoms. The number of nitrogens with one attached hydrogen (secondary N) is 1. The summed E-state index contributed by atoms with van der Waals surface area (Å²) in [6.07, 6.45) is 1.62. The summed E-state index contributed by atoms with van der Waals surface area (Å²) in [4.78, 5) is 11.2. The van der Waals surface area contributed by atoms with Gasteiger partial charge >= 0.3 is 0 Å². The minimum Gasteiger partial charge on any atom is -0.344 e. The van der Waals surface area contributed by atoms with Crippen molar-refractivity contribution in [3.05, 3.63) is 42.0 Å². The van der Waals surface area contributed by atoms with Crippen molar-refractivity contribution in [3.63, 3.8) is 0 Å². The van der Waals surface area contributed by atoms with Gasteiger partial charge in [0.2, 0.25) is 5.91 Å². The van der Waals surface area contributed by atoms with Crippen LogP contribution in [0.2, 0.25) is 0 Å². The Morgan fingerprint density at radius 3 is 2.64 bits per heavy atom. The normalized spacial score (nSPS) is 11.1. The second kappa shape index (κ2) is 5.80. The Hall–Kier alpha value is -0.840. The van der Waals surface area contributed by atoms with E-state index in [-0.39, 0.29) is 5.91 Å². The molecule has 0 heterocycles. The molecule has 0 aliphatic heterocycles. The maximum absolute atomic E-state index is 11.2. The van der Waals surface area contributed by atoms with Crippen LogP contribution in [0.1, 0.15) is 12.5 Å². The highest BCUT2D eigenvalue weighted by molar-refractivity contribution is 14.1. The van der Waals surface area contributed by atoms with Crippen LogP contribution in [0.5, 0.6) is 0 Å². The van der Waals surface area contributed by atoms with Gasteiger partial charge < -0.3 is 5.32 Å². The van der Waals surface area contributed by atoms with Gasteiger partial charge in [-0.3, -0.25) is 4.79 Å². The van der Waals surface area contributed by atoms with Gasteiger partial charge in [0.25, 0.3) is 0 Å². The number of alkyl halides is 1. The summed E-state index contributed by atoms with van der Waals surface area (Å²) in [5.41, 5.74) is 2.06. The Morgan fingerprint density at radius 1 is 1.43 bits per heavy atom. The fourth-order valence-electron chi connectivity index (χ4n) is 1.10. The van der Waals surface area contributed by atoms with E-state index in [2.05, 4.69) is 27.9 Å². The number of hydrogen-bond acceptors (Lipinski definition) is 1. The summed E-state index contributed by atoms with van der Waals surface area (Å²) < 4.78 is 0.634. The van der Waals surface area contributed by atoms with Gasteiger partial charge in [0.1, 0.15) is 0 Å². The second-order valence-electron chi connectivity index (χ2n) is 2.87. The van der Waals surface area contributed by atoms with Crippen LogP contribution in [-0.2, 0) is 4.79 Å². The van der Waals surface area contributed by atoms with Crippen molar-refractivity contribution in [2.75, 3.05) is 4.55 Å². The molecule has 0 saturated heterocycles. The van der Waals surface area contributed by atoms with Crippen LogP contribution in [0.15, 0.2) is 36.4 Å². The number of rotatable bonds is 3. The molecule has 74 valence electrons. The molecule has 0 aromatic heterocycles. The molecule has 1 aromatic rings. The van der Waals surface area contributed by atoms with Crippen molar-refractivity contribution in [3.8, 4) is 0 Å². The third-order valence-corrected chi connectivity index (χ3v) is 2.20. The molecule has 2 nitrogen and oxygen atoms in total. The van der Waals surface area contributed by atoms with Crippen LogP contribution < -0.4 is 5.32 Å². The van der Waals surface area contributed by atoms with Crippen molar-refractivity contribution in [2.45, 2.75) is 6.92 Å². The fourth-order valence-corrected chi connectivity index (χ4v) is 1.47. The Kier molecular flexibility index (Phi) is 4.65. The number of amides is 1. The molecule has 1 N–H and O–H groups in total. The van der Waals surface area contributed by atoms with Crippen LogP contribution in [0.3, 0.4) is 0 Å². The van der Waals surface area contributed by atoms with Gasteiger partial charge in [-0.25, -0.2) is 0 Å². The molecule has 0 spiro atoms. The average Bonchev–Trinajstić information content (AvgIpc) is 2.19. The van der Waals surface area contributed by atoms with Gasteiger partial charge in [-0.2, -0.15) is 0 Å². The van der Waals surface area contributed by atoms with Crippen LogP contribution in [0.25, 0.3) is 5.57 Å². The summed E-state index contributed by atoms with van der Waals surface area (Å²) in [5, 5.41) is 2.72. The molecule has 1 rings (SSSR count). The van der Waals surface area contributed by atoms with E-state index in [4.69, 9.17) is 0 Å². The van der Waals surface area contributed by atoms with Crippen molar-refractivity contribution in [1.82, 2.24) is 5.32 Å². The summed E-state index contributed by atoms with van der Waals surface area (Å²) in [7, 11) is 0. The van der Waals surface area contributed by atoms with Crippen LogP contribution in [0.4, 0.5) is 0 Å². The van der Waals surface area contributed by atoms with E-state index in [9.17, 15) is 4.79 Å². The largest absolute Gasteiger partial charge is 0.344 e. The van der Waals surface area contributed by atoms with Crippen LogP contribution >= 0.6 is 22.6 Å². The lowest BCUT2D eigenvalue weighted by Gasteiger charge is -2.00. The Balaban J connectivity index is 2.75. The number of hydrogen-bond donors (Lipinski definition) is 1. The van der Waals surface area contributed by atoms with Gasteiger partial charge in [-0.15, -0.1) is 0 Å². The smallest absolute Gasteiger partial charge is 0.244 e. The second-order valence-corrected chi connectivity index (χ2v) is 3.63. The molecule has 0 atom stereocenters. The molecule has 0 fully saturated rings. The van der Waals surface area contributed by atoms with E-state index in [1.54, 1.807) is 6.08 Å². The van der Waals surface area contributed by atoms with E-state index in [1.807, 2.05) is 37.3 Å². The average molecular weight is 301 g/mol. The number of carbonyl (C=O) groups is 1. The number of allylic oxidation sites excluding steroid dienone is 1. The van der Waals surface area contributed by atoms with Crippen molar-refractivity contribution in [1.29, 1.82) is 0 Å². The zero-order valence-corrected chi connectivity index (χ0v) is 10.1.